The summed E-state index contributed by atoms with van der Waals surface area (Å²) >= 11 is 0. The van der Waals surface area contributed by atoms with Crippen LogP contribution in [0.4, 0.5) is 4.79 Å². The molecule has 0 aliphatic carbocycles. The van der Waals surface area contributed by atoms with Crippen LogP contribution in [-0.2, 0) is 18.9 Å². The lowest BCUT2D eigenvalue weighted by atomic mass is 10.2. The minimum atomic E-state index is -0.950. The van der Waals surface area contributed by atoms with Gasteiger partial charge < -0.3 is 18.9 Å². The van der Waals surface area contributed by atoms with Crippen LogP contribution in [0.25, 0.3) is 0 Å². The Bertz CT molecular complexity index is 164. The summed E-state index contributed by atoms with van der Waals surface area (Å²) < 4.78 is 19.2. The fourth-order valence-corrected chi connectivity index (χ4v) is 0.715. The van der Waals surface area contributed by atoms with Crippen LogP contribution in [0.15, 0.2) is 0 Å². The fourth-order valence-electron chi connectivity index (χ4n) is 0.715. The Morgan fingerprint density at radius 3 is 2.00 bits per heavy atom. The molecule has 0 bridgehead atoms. The van der Waals surface area contributed by atoms with Crippen molar-refractivity contribution in [1.29, 1.82) is 0 Å². The van der Waals surface area contributed by atoms with Crippen molar-refractivity contribution in [3.8, 4) is 0 Å². The first-order valence-electron chi connectivity index (χ1n) is 3.85. The molecule has 1 atom stereocenters. The van der Waals surface area contributed by atoms with Crippen LogP contribution in [0.1, 0.15) is 13.8 Å². The van der Waals surface area contributed by atoms with Gasteiger partial charge in [0.05, 0.1) is 7.11 Å². The van der Waals surface area contributed by atoms with E-state index >= 15 is 0 Å². The van der Waals surface area contributed by atoms with Crippen molar-refractivity contribution in [3.63, 3.8) is 0 Å². The monoisotopic (exact) mass is 192 g/mol. The smallest absolute Gasteiger partial charge is 0.438 e. The van der Waals surface area contributed by atoms with E-state index in [0.717, 1.165) is 0 Å². The molecule has 78 valence electrons. The molecule has 0 aliphatic rings. The van der Waals surface area contributed by atoms with Crippen molar-refractivity contribution in [3.05, 3.63) is 0 Å². The molecule has 0 aliphatic heterocycles. The maximum absolute atomic E-state index is 10.7. The Kier molecular flexibility index (Phi) is 4.72. The Labute approximate surface area is 77.9 Å². The maximum atomic E-state index is 10.7. The van der Waals surface area contributed by atoms with Gasteiger partial charge >= 0.3 is 6.16 Å². The standard InChI is InChI=1S/C8H16O5/c1-6(13-7(9)10-3)8(2,11-4)12-5/h6H,1-5H3. The van der Waals surface area contributed by atoms with E-state index in [0.29, 0.717) is 0 Å². The topological polar surface area (TPSA) is 54.0 Å². The van der Waals surface area contributed by atoms with Gasteiger partial charge in [-0.15, -0.1) is 0 Å². The fraction of sp³-hybridized carbons (Fsp3) is 0.875. The second-order valence-electron chi connectivity index (χ2n) is 2.64. The minimum absolute atomic E-state index is 0.546. The second kappa shape index (κ2) is 5.04. The van der Waals surface area contributed by atoms with Crippen molar-refractivity contribution >= 4 is 6.16 Å². The van der Waals surface area contributed by atoms with Crippen molar-refractivity contribution in [1.82, 2.24) is 0 Å². The Morgan fingerprint density at radius 1 is 1.23 bits per heavy atom. The van der Waals surface area contributed by atoms with Crippen molar-refractivity contribution < 1.29 is 23.7 Å². The molecule has 0 radical (unpaired) electrons. The van der Waals surface area contributed by atoms with Crippen LogP contribution in [0.5, 0.6) is 0 Å². The SMILES string of the molecule is COC(=O)OC(C)C(C)(OC)OC. The average Bonchev–Trinajstić information content (AvgIpc) is 2.16. The molecule has 0 rings (SSSR count). The number of ether oxygens (including phenoxy) is 4. The molecule has 13 heavy (non-hydrogen) atoms. The van der Waals surface area contributed by atoms with Gasteiger partial charge in [0.15, 0.2) is 6.10 Å². The molecule has 0 saturated carbocycles. The molecule has 0 spiro atoms. The van der Waals surface area contributed by atoms with Gasteiger partial charge in [0.25, 0.3) is 0 Å². The van der Waals surface area contributed by atoms with Crippen LogP contribution in [0.3, 0.4) is 0 Å². The normalized spacial score (nSPS) is 13.6. The summed E-state index contributed by atoms with van der Waals surface area (Å²) in [7, 11) is 4.19. The van der Waals surface area contributed by atoms with Crippen molar-refractivity contribution in [2.45, 2.75) is 25.7 Å². The summed E-state index contributed by atoms with van der Waals surface area (Å²) in [6.07, 6.45) is -1.30. The lowest BCUT2D eigenvalue weighted by Gasteiger charge is -2.31. The Morgan fingerprint density at radius 2 is 1.69 bits per heavy atom. The molecule has 0 heterocycles. The Hall–Kier alpha value is -0.810. The molecule has 0 amide bonds. The predicted molar refractivity (Wildman–Crippen MR) is 45.4 cm³/mol. The number of methoxy groups -OCH3 is 3. The summed E-state index contributed by atoms with van der Waals surface area (Å²) in [6, 6.07) is 0. The zero-order valence-corrected chi connectivity index (χ0v) is 8.62. The number of rotatable bonds is 4. The first-order valence-corrected chi connectivity index (χ1v) is 3.85. The third-order valence-electron chi connectivity index (χ3n) is 1.99. The molecule has 5 nitrogen and oxygen atoms in total. The molecular weight excluding hydrogens is 176 g/mol. The number of hydrogen-bond donors (Lipinski definition) is 0. The number of carbonyl (C=O) groups excluding carboxylic acids is 1. The van der Waals surface area contributed by atoms with Crippen LogP contribution in [0, 0.1) is 0 Å². The number of carbonyl (C=O) groups is 1. The summed E-state index contributed by atoms with van der Waals surface area (Å²) in [5, 5.41) is 0. The molecule has 0 aromatic rings. The van der Waals surface area contributed by atoms with Gasteiger partial charge in [-0.05, 0) is 13.8 Å². The summed E-state index contributed by atoms with van der Waals surface area (Å²) in [6.45, 7) is 3.32. The number of hydrogen-bond acceptors (Lipinski definition) is 5. The van der Waals surface area contributed by atoms with E-state index in [1.807, 2.05) is 0 Å². The molecule has 5 heteroatoms. The molecule has 0 N–H and O–H groups in total. The quantitative estimate of drug-likeness (QED) is 0.494. The van der Waals surface area contributed by atoms with E-state index in [2.05, 4.69) is 4.74 Å². The largest absolute Gasteiger partial charge is 0.508 e. The van der Waals surface area contributed by atoms with Gasteiger partial charge in [-0.2, -0.15) is 0 Å². The first-order chi connectivity index (χ1) is 6.00. The van der Waals surface area contributed by atoms with Crippen molar-refractivity contribution in [2.75, 3.05) is 21.3 Å². The highest BCUT2D eigenvalue weighted by Crippen LogP contribution is 2.18. The molecular formula is C8H16O5. The van der Waals surface area contributed by atoms with Crippen molar-refractivity contribution in [2.24, 2.45) is 0 Å². The average molecular weight is 192 g/mol. The van der Waals surface area contributed by atoms with Gasteiger partial charge in [-0.3, -0.25) is 0 Å². The Balaban J connectivity index is 4.21. The zero-order valence-electron chi connectivity index (χ0n) is 8.62. The molecule has 1 unspecified atom stereocenters. The maximum Gasteiger partial charge on any atom is 0.508 e. The predicted octanol–water partition coefficient (Wildman–Crippen LogP) is 1.17. The zero-order chi connectivity index (χ0) is 10.5. The van der Waals surface area contributed by atoms with Crippen LogP contribution in [-0.4, -0.2) is 39.4 Å². The van der Waals surface area contributed by atoms with E-state index in [1.54, 1.807) is 13.8 Å². The van der Waals surface area contributed by atoms with Gasteiger partial charge in [0, 0.05) is 14.2 Å². The van der Waals surface area contributed by atoms with E-state index in [4.69, 9.17) is 14.2 Å². The summed E-state index contributed by atoms with van der Waals surface area (Å²) in [5.74, 6) is -0.950. The van der Waals surface area contributed by atoms with E-state index < -0.39 is 18.0 Å². The summed E-state index contributed by atoms with van der Waals surface area (Å²) in [5.41, 5.74) is 0. The second-order valence-corrected chi connectivity index (χ2v) is 2.64. The molecule has 0 fully saturated rings. The van der Waals surface area contributed by atoms with Gasteiger partial charge in [0.2, 0.25) is 5.79 Å². The highest BCUT2D eigenvalue weighted by Gasteiger charge is 2.34. The molecule has 0 saturated heterocycles. The first kappa shape index (κ1) is 12.2. The van der Waals surface area contributed by atoms with E-state index in [9.17, 15) is 4.79 Å². The van der Waals surface area contributed by atoms with Crippen LogP contribution in [0.2, 0.25) is 0 Å². The molecule has 0 aromatic carbocycles. The van der Waals surface area contributed by atoms with Gasteiger partial charge in [-0.25, -0.2) is 4.79 Å². The summed E-state index contributed by atoms with van der Waals surface area (Å²) in [4.78, 5) is 10.7. The highest BCUT2D eigenvalue weighted by atomic mass is 16.8. The third kappa shape index (κ3) is 3.20. The van der Waals surface area contributed by atoms with Crippen LogP contribution >= 0.6 is 0 Å². The lowest BCUT2D eigenvalue weighted by molar-refractivity contribution is -0.244. The molecule has 0 aromatic heterocycles. The van der Waals surface area contributed by atoms with Gasteiger partial charge in [-0.1, -0.05) is 0 Å². The van der Waals surface area contributed by atoms with Gasteiger partial charge in [0.1, 0.15) is 0 Å². The van der Waals surface area contributed by atoms with E-state index in [1.165, 1.54) is 21.3 Å². The minimum Gasteiger partial charge on any atom is -0.438 e. The van der Waals surface area contributed by atoms with Crippen LogP contribution < -0.4 is 0 Å². The van der Waals surface area contributed by atoms with E-state index in [-0.39, 0.29) is 0 Å². The lowest BCUT2D eigenvalue weighted by Crippen LogP contribution is -2.43. The highest BCUT2D eigenvalue weighted by molar-refractivity contribution is 5.59. The third-order valence-corrected chi connectivity index (χ3v) is 1.99.